The molecular weight excluding hydrogens is 178 g/mol. The van der Waals surface area contributed by atoms with Gasteiger partial charge in [-0.2, -0.15) is 0 Å². The van der Waals surface area contributed by atoms with E-state index in [0.29, 0.717) is 0 Å². The van der Waals surface area contributed by atoms with Gasteiger partial charge in [0.1, 0.15) is 0 Å². The molecule has 0 saturated heterocycles. The van der Waals surface area contributed by atoms with Crippen molar-refractivity contribution in [2.75, 3.05) is 0 Å². The zero-order valence-corrected chi connectivity index (χ0v) is 9.19. The van der Waals surface area contributed by atoms with Gasteiger partial charge in [-0.15, -0.1) is 11.3 Å². The van der Waals surface area contributed by atoms with Crippen LogP contribution in [0, 0.1) is 6.92 Å². The highest BCUT2D eigenvalue weighted by atomic mass is 32.1. The number of nitrogens with zero attached hydrogens (tertiary/aromatic N) is 1. The first kappa shape index (κ1) is 10.2. The zero-order valence-electron chi connectivity index (χ0n) is 8.37. The van der Waals surface area contributed by atoms with Crippen molar-refractivity contribution in [3.05, 3.63) is 29.3 Å². The van der Waals surface area contributed by atoms with E-state index in [1.165, 1.54) is 16.7 Å². The van der Waals surface area contributed by atoms with Gasteiger partial charge in [0.05, 0.1) is 15.7 Å². The Balaban J connectivity index is 0.000000251. The van der Waals surface area contributed by atoms with Gasteiger partial charge in [-0.25, -0.2) is 4.98 Å². The lowest BCUT2D eigenvalue weighted by Crippen LogP contribution is -1.72. The van der Waals surface area contributed by atoms with Gasteiger partial charge >= 0.3 is 0 Å². The second-order valence-corrected chi connectivity index (χ2v) is 3.87. The van der Waals surface area contributed by atoms with Crippen molar-refractivity contribution in [2.24, 2.45) is 0 Å². The van der Waals surface area contributed by atoms with E-state index in [9.17, 15) is 0 Å². The van der Waals surface area contributed by atoms with Gasteiger partial charge in [-0.1, -0.05) is 32.4 Å². The Labute approximate surface area is 83.4 Å². The standard InChI is InChI=1S/C8H7NS.C3H8/c1-6-3-2-4-7-8(6)9-5-10-7;1-3-2/h2-5H,1H3;3H2,1-2H3. The number of thiazole rings is 1. The summed E-state index contributed by atoms with van der Waals surface area (Å²) in [5, 5.41) is 0. The Morgan fingerprint density at radius 1 is 1.31 bits per heavy atom. The number of hydrogen-bond acceptors (Lipinski definition) is 2. The van der Waals surface area contributed by atoms with Crippen molar-refractivity contribution in [1.82, 2.24) is 4.98 Å². The number of aryl methyl sites for hydroxylation is 1. The van der Waals surface area contributed by atoms with Crippen LogP contribution >= 0.6 is 11.3 Å². The molecule has 1 aromatic carbocycles. The Kier molecular flexibility index (Phi) is 3.90. The van der Waals surface area contributed by atoms with E-state index in [1.54, 1.807) is 11.3 Å². The van der Waals surface area contributed by atoms with Gasteiger partial charge in [0, 0.05) is 0 Å². The van der Waals surface area contributed by atoms with E-state index in [1.807, 2.05) is 5.51 Å². The van der Waals surface area contributed by atoms with E-state index in [4.69, 9.17) is 0 Å². The van der Waals surface area contributed by atoms with Gasteiger partial charge in [-0.3, -0.25) is 0 Å². The summed E-state index contributed by atoms with van der Waals surface area (Å²) >= 11 is 1.69. The molecule has 70 valence electrons. The van der Waals surface area contributed by atoms with E-state index in [2.05, 4.69) is 44.0 Å². The number of hydrogen-bond donors (Lipinski definition) is 0. The Morgan fingerprint density at radius 3 is 2.62 bits per heavy atom. The van der Waals surface area contributed by atoms with Crippen molar-refractivity contribution in [3.63, 3.8) is 0 Å². The Morgan fingerprint density at radius 2 is 2.00 bits per heavy atom. The van der Waals surface area contributed by atoms with Crippen LogP contribution in [0.5, 0.6) is 0 Å². The summed E-state index contributed by atoms with van der Waals surface area (Å²) in [6.45, 7) is 6.34. The van der Waals surface area contributed by atoms with Crippen LogP contribution in [-0.2, 0) is 0 Å². The van der Waals surface area contributed by atoms with Gasteiger partial charge in [0.25, 0.3) is 0 Å². The van der Waals surface area contributed by atoms with Crippen LogP contribution in [0.15, 0.2) is 23.7 Å². The van der Waals surface area contributed by atoms with Crippen LogP contribution < -0.4 is 0 Å². The smallest absolute Gasteiger partial charge is 0.0841 e. The number of benzene rings is 1. The molecule has 2 rings (SSSR count). The molecule has 2 aromatic rings. The number of aromatic nitrogens is 1. The largest absolute Gasteiger partial charge is 0.244 e. The normalized spacial score (nSPS) is 9.46. The molecule has 1 nitrogen and oxygen atoms in total. The summed E-state index contributed by atoms with van der Waals surface area (Å²) in [7, 11) is 0. The van der Waals surface area contributed by atoms with E-state index in [-0.39, 0.29) is 0 Å². The summed E-state index contributed by atoms with van der Waals surface area (Å²) in [5.41, 5.74) is 4.30. The van der Waals surface area contributed by atoms with E-state index in [0.717, 1.165) is 5.52 Å². The zero-order chi connectivity index (χ0) is 9.68. The molecule has 1 heterocycles. The molecule has 0 N–H and O–H groups in total. The molecule has 0 amide bonds. The average Bonchev–Trinajstić information content (AvgIpc) is 2.54. The van der Waals surface area contributed by atoms with Crippen molar-refractivity contribution >= 4 is 21.6 Å². The first-order chi connectivity index (χ1) is 6.29. The van der Waals surface area contributed by atoms with E-state index < -0.39 is 0 Å². The van der Waals surface area contributed by atoms with Crippen LogP contribution in [0.3, 0.4) is 0 Å². The predicted molar refractivity (Wildman–Crippen MR) is 60.3 cm³/mol. The summed E-state index contributed by atoms with van der Waals surface area (Å²) in [6.07, 6.45) is 1.25. The van der Waals surface area contributed by atoms with Gasteiger partial charge < -0.3 is 0 Å². The fourth-order valence-corrected chi connectivity index (χ4v) is 1.78. The molecule has 0 aliphatic heterocycles. The number of para-hydroxylation sites is 1. The second-order valence-electron chi connectivity index (χ2n) is 2.98. The fourth-order valence-electron chi connectivity index (χ4n) is 1.03. The lowest BCUT2D eigenvalue weighted by atomic mass is 10.2. The Hall–Kier alpha value is -0.890. The maximum Gasteiger partial charge on any atom is 0.0841 e. The molecule has 0 bridgehead atoms. The van der Waals surface area contributed by atoms with Crippen molar-refractivity contribution < 1.29 is 0 Å². The lowest BCUT2D eigenvalue weighted by Gasteiger charge is -1.90. The monoisotopic (exact) mass is 193 g/mol. The minimum Gasteiger partial charge on any atom is -0.244 e. The SMILES string of the molecule is CCC.Cc1cccc2scnc12. The van der Waals surface area contributed by atoms with Gasteiger partial charge in [0.15, 0.2) is 0 Å². The molecule has 0 atom stereocenters. The summed E-state index contributed by atoms with van der Waals surface area (Å²) in [5.74, 6) is 0. The quantitative estimate of drug-likeness (QED) is 0.615. The third kappa shape index (κ3) is 2.52. The second kappa shape index (κ2) is 4.97. The maximum absolute atomic E-state index is 4.24. The molecule has 1 aromatic heterocycles. The molecule has 0 unspecified atom stereocenters. The minimum atomic E-state index is 1.15. The first-order valence-electron chi connectivity index (χ1n) is 4.58. The number of fused-ring (bicyclic) bond motifs is 1. The van der Waals surface area contributed by atoms with Crippen molar-refractivity contribution in [3.8, 4) is 0 Å². The summed E-state index contributed by atoms with van der Waals surface area (Å²) in [4.78, 5) is 4.24. The third-order valence-electron chi connectivity index (χ3n) is 1.56. The maximum atomic E-state index is 4.24. The fraction of sp³-hybridized carbons (Fsp3) is 0.364. The minimum absolute atomic E-state index is 1.15. The predicted octanol–water partition coefficient (Wildman–Crippen LogP) is 4.02. The van der Waals surface area contributed by atoms with E-state index >= 15 is 0 Å². The van der Waals surface area contributed by atoms with Crippen LogP contribution in [-0.4, -0.2) is 4.98 Å². The molecule has 0 fully saturated rings. The van der Waals surface area contributed by atoms with Gasteiger partial charge in [-0.05, 0) is 18.6 Å². The van der Waals surface area contributed by atoms with Crippen LogP contribution in [0.1, 0.15) is 25.8 Å². The highest BCUT2D eigenvalue weighted by Crippen LogP contribution is 2.19. The molecule has 13 heavy (non-hydrogen) atoms. The highest BCUT2D eigenvalue weighted by molar-refractivity contribution is 7.16. The van der Waals surface area contributed by atoms with Gasteiger partial charge in [0.2, 0.25) is 0 Å². The van der Waals surface area contributed by atoms with Crippen LogP contribution in [0.25, 0.3) is 10.2 Å². The molecule has 0 aliphatic rings. The average molecular weight is 193 g/mol. The first-order valence-corrected chi connectivity index (χ1v) is 5.46. The highest BCUT2D eigenvalue weighted by Gasteiger charge is 1.96. The van der Waals surface area contributed by atoms with Crippen molar-refractivity contribution in [2.45, 2.75) is 27.2 Å². The summed E-state index contributed by atoms with van der Waals surface area (Å²) < 4.78 is 1.28. The molecule has 0 spiro atoms. The Bertz CT molecular complexity index is 365. The van der Waals surface area contributed by atoms with Crippen LogP contribution in [0.2, 0.25) is 0 Å². The van der Waals surface area contributed by atoms with Crippen LogP contribution in [0.4, 0.5) is 0 Å². The summed E-state index contributed by atoms with van der Waals surface area (Å²) in [6, 6.07) is 6.25. The number of rotatable bonds is 0. The lowest BCUT2D eigenvalue weighted by molar-refractivity contribution is 1.09. The third-order valence-corrected chi connectivity index (χ3v) is 2.36. The van der Waals surface area contributed by atoms with Crippen molar-refractivity contribution in [1.29, 1.82) is 0 Å². The molecule has 0 saturated carbocycles. The molecule has 2 heteroatoms. The molecular formula is C11H15NS. The molecule has 0 aliphatic carbocycles. The topological polar surface area (TPSA) is 12.9 Å². The molecule has 0 radical (unpaired) electrons.